The van der Waals surface area contributed by atoms with Crippen LogP contribution in [0.15, 0.2) is 52.2 Å². The van der Waals surface area contributed by atoms with Crippen molar-refractivity contribution in [2.75, 3.05) is 12.4 Å². The van der Waals surface area contributed by atoms with Crippen LogP contribution in [0.4, 0.5) is 27.6 Å². The van der Waals surface area contributed by atoms with Crippen LogP contribution in [-0.4, -0.2) is 40.0 Å². The van der Waals surface area contributed by atoms with Gasteiger partial charge in [-0.3, -0.25) is 14.6 Å². The van der Waals surface area contributed by atoms with Crippen LogP contribution >= 0.6 is 15.9 Å². The summed E-state index contributed by atoms with van der Waals surface area (Å²) in [6.07, 6.45) is -4.71. The summed E-state index contributed by atoms with van der Waals surface area (Å²) in [6, 6.07) is 5.44. The molecule has 0 spiro atoms. The Hall–Kier alpha value is -2.99. The van der Waals surface area contributed by atoms with Gasteiger partial charge in [0.25, 0.3) is 11.8 Å². The van der Waals surface area contributed by atoms with E-state index in [9.17, 15) is 36.6 Å². The molecule has 0 bridgehead atoms. The van der Waals surface area contributed by atoms with E-state index in [1.54, 1.807) is 20.8 Å². The van der Waals surface area contributed by atoms with E-state index in [2.05, 4.69) is 21.2 Å². The van der Waals surface area contributed by atoms with Gasteiger partial charge in [-0.15, -0.1) is 0 Å². The molecule has 3 rings (SSSR count). The Morgan fingerprint density at radius 1 is 1.14 bits per heavy atom. The summed E-state index contributed by atoms with van der Waals surface area (Å²) < 4.78 is 67.7. The van der Waals surface area contributed by atoms with Gasteiger partial charge in [0, 0.05) is 22.8 Å². The number of hydrogen-bond donors (Lipinski definition) is 2. The Morgan fingerprint density at radius 3 is 2.36 bits per heavy atom. The van der Waals surface area contributed by atoms with E-state index in [1.807, 2.05) is 0 Å². The summed E-state index contributed by atoms with van der Waals surface area (Å²) in [5.74, 6) is -5.09. The van der Waals surface area contributed by atoms with Crippen molar-refractivity contribution in [2.24, 2.45) is 5.41 Å². The summed E-state index contributed by atoms with van der Waals surface area (Å²) in [4.78, 5) is 26.4. The molecule has 1 heterocycles. The first-order valence-corrected chi connectivity index (χ1v) is 11.4. The molecule has 1 aliphatic heterocycles. The first-order chi connectivity index (χ1) is 16.5. The van der Waals surface area contributed by atoms with Gasteiger partial charge in [-0.2, -0.15) is 13.2 Å². The Labute approximate surface area is 212 Å². The molecule has 0 aromatic heterocycles. The molecule has 0 saturated heterocycles. The monoisotopic (exact) mass is 575 g/mol. The maximum atomic E-state index is 14.4. The molecule has 0 aliphatic carbocycles. The minimum atomic E-state index is -4.71. The number of hydrazine groups is 1. The average molecular weight is 576 g/mol. The molecule has 0 radical (unpaired) electrons. The molecule has 2 amide bonds. The molecule has 2 aromatic carbocycles. The number of amides is 2. The predicted octanol–water partition coefficient (Wildman–Crippen LogP) is 5.80. The van der Waals surface area contributed by atoms with E-state index in [0.717, 1.165) is 17.1 Å². The zero-order chi connectivity index (χ0) is 27.2. The van der Waals surface area contributed by atoms with E-state index in [4.69, 9.17) is 0 Å². The average Bonchev–Trinajstić information content (AvgIpc) is 2.73. The van der Waals surface area contributed by atoms with E-state index < -0.39 is 64.5 Å². The van der Waals surface area contributed by atoms with E-state index in [0.29, 0.717) is 6.07 Å². The lowest BCUT2D eigenvalue weighted by molar-refractivity contribution is -0.158. The summed E-state index contributed by atoms with van der Waals surface area (Å²) in [6.45, 7) is 4.70. The van der Waals surface area contributed by atoms with Crippen molar-refractivity contribution in [1.82, 2.24) is 10.0 Å². The van der Waals surface area contributed by atoms with E-state index >= 15 is 0 Å². The van der Waals surface area contributed by atoms with Gasteiger partial charge < -0.3 is 10.4 Å². The van der Waals surface area contributed by atoms with E-state index in [-0.39, 0.29) is 15.7 Å². The van der Waals surface area contributed by atoms with Crippen LogP contribution in [0.2, 0.25) is 0 Å². The SMILES string of the molecule is CN1[C@@H](C(C)(C)C)C(O)=C(C(=O)Nc2ccc(Br)c(C(F)(F)F)c2)C(=O)N1Cc1cccc(F)c1F. The van der Waals surface area contributed by atoms with Crippen LogP contribution in [0.1, 0.15) is 31.9 Å². The Morgan fingerprint density at radius 2 is 1.78 bits per heavy atom. The smallest absolute Gasteiger partial charge is 0.417 e. The number of aliphatic hydroxyl groups excluding tert-OH is 1. The zero-order valence-electron chi connectivity index (χ0n) is 19.7. The normalized spacial score (nSPS) is 17.6. The first kappa shape index (κ1) is 27.6. The molecule has 6 nitrogen and oxygen atoms in total. The number of anilines is 1. The van der Waals surface area contributed by atoms with Gasteiger partial charge in [0.05, 0.1) is 18.2 Å². The van der Waals surface area contributed by atoms with Crippen LogP contribution in [0.25, 0.3) is 0 Å². The summed E-state index contributed by atoms with van der Waals surface area (Å²) in [5, 5.41) is 15.5. The molecule has 0 fully saturated rings. The third-order valence-corrected chi connectivity index (χ3v) is 6.34. The number of nitrogens with zero attached hydrogens (tertiary/aromatic N) is 2. The topological polar surface area (TPSA) is 72.9 Å². The summed E-state index contributed by atoms with van der Waals surface area (Å²) in [7, 11) is 1.44. The van der Waals surface area contributed by atoms with Gasteiger partial charge >= 0.3 is 6.18 Å². The Kier molecular flexibility index (Phi) is 7.52. The number of benzene rings is 2. The maximum absolute atomic E-state index is 14.4. The molecule has 194 valence electrons. The van der Waals surface area contributed by atoms with Gasteiger partial charge in [-0.05, 0) is 29.7 Å². The fourth-order valence-corrected chi connectivity index (χ4v) is 4.52. The second-order valence-corrected chi connectivity index (χ2v) is 10.2. The zero-order valence-corrected chi connectivity index (χ0v) is 21.3. The number of alkyl halides is 3. The quantitative estimate of drug-likeness (QED) is 0.357. The molecule has 2 aromatic rings. The van der Waals surface area contributed by atoms with Crippen LogP contribution < -0.4 is 5.32 Å². The van der Waals surface area contributed by atoms with Crippen molar-refractivity contribution in [3.8, 4) is 0 Å². The fourth-order valence-electron chi connectivity index (χ4n) is 4.05. The minimum Gasteiger partial charge on any atom is -0.509 e. The number of carbonyl (C=O) groups is 2. The molecule has 0 saturated carbocycles. The van der Waals surface area contributed by atoms with E-state index in [1.165, 1.54) is 30.3 Å². The number of nitrogens with one attached hydrogen (secondary N) is 1. The van der Waals surface area contributed by atoms with Crippen molar-refractivity contribution < 1.29 is 36.6 Å². The van der Waals surface area contributed by atoms with Crippen molar-refractivity contribution in [3.63, 3.8) is 0 Å². The number of rotatable bonds is 4. The first-order valence-electron chi connectivity index (χ1n) is 10.6. The van der Waals surface area contributed by atoms with Crippen LogP contribution in [0.3, 0.4) is 0 Å². The van der Waals surface area contributed by atoms with Crippen molar-refractivity contribution in [2.45, 2.75) is 39.5 Å². The van der Waals surface area contributed by atoms with Crippen molar-refractivity contribution in [1.29, 1.82) is 0 Å². The second kappa shape index (κ2) is 9.81. The highest BCUT2D eigenvalue weighted by Crippen LogP contribution is 2.38. The third-order valence-electron chi connectivity index (χ3n) is 5.65. The Balaban J connectivity index is 2.04. The predicted molar refractivity (Wildman–Crippen MR) is 125 cm³/mol. The van der Waals surface area contributed by atoms with Gasteiger partial charge in [-0.1, -0.05) is 48.8 Å². The Bertz CT molecular complexity index is 1240. The number of aliphatic hydroxyl groups is 1. The third kappa shape index (κ3) is 5.39. The van der Waals surface area contributed by atoms with Crippen LogP contribution in [-0.2, 0) is 22.3 Å². The van der Waals surface area contributed by atoms with Crippen LogP contribution in [0.5, 0.6) is 0 Å². The second-order valence-electron chi connectivity index (χ2n) is 9.32. The molecule has 2 N–H and O–H groups in total. The molecular weight excluding hydrogens is 553 g/mol. The summed E-state index contributed by atoms with van der Waals surface area (Å²) in [5.41, 5.74) is -2.97. The standard InChI is InChI=1S/C24H23BrF5N3O3/c1-23(2,3)20-19(34)17(21(35)31-13-8-9-15(25)14(10-13)24(28,29)30)22(36)33(32(20)4)11-12-6-5-7-16(26)18(12)27/h5-10,20,34H,11H2,1-4H3,(H,31,35)/t20-/m1/s1. The molecule has 36 heavy (non-hydrogen) atoms. The van der Waals surface area contributed by atoms with Crippen LogP contribution in [0, 0.1) is 17.0 Å². The molecule has 12 heteroatoms. The summed E-state index contributed by atoms with van der Waals surface area (Å²) >= 11 is 2.81. The number of carbonyl (C=O) groups excluding carboxylic acids is 2. The molecular formula is C24H23BrF5N3O3. The molecule has 1 atom stereocenters. The number of halogens is 6. The van der Waals surface area contributed by atoms with Crippen molar-refractivity contribution in [3.05, 3.63) is 75.0 Å². The lowest BCUT2D eigenvalue weighted by atomic mass is 9.82. The number of likely N-dealkylation sites (N-methyl/N-ethyl adjacent to an activating group) is 1. The largest absolute Gasteiger partial charge is 0.509 e. The molecule has 1 aliphatic rings. The lowest BCUT2D eigenvalue weighted by Gasteiger charge is -2.46. The lowest BCUT2D eigenvalue weighted by Crippen LogP contribution is -2.59. The highest BCUT2D eigenvalue weighted by Gasteiger charge is 2.46. The van der Waals surface area contributed by atoms with Gasteiger partial charge in [0.15, 0.2) is 11.6 Å². The van der Waals surface area contributed by atoms with Crippen molar-refractivity contribution >= 4 is 33.4 Å². The highest BCUT2D eigenvalue weighted by molar-refractivity contribution is 9.10. The highest BCUT2D eigenvalue weighted by atomic mass is 79.9. The fraction of sp³-hybridized carbons (Fsp3) is 0.333. The number of hydrogen-bond acceptors (Lipinski definition) is 4. The van der Waals surface area contributed by atoms with Gasteiger partial charge in [-0.25, -0.2) is 13.8 Å². The van der Waals surface area contributed by atoms with Gasteiger partial charge in [0.2, 0.25) is 0 Å². The molecule has 0 unspecified atom stereocenters. The maximum Gasteiger partial charge on any atom is 0.417 e. The van der Waals surface area contributed by atoms with Gasteiger partial charge in [0.1, 0.15) is 11.3 Å². The minimum absolute atomic E-state index is 0.174.